The van der Waals surface area contributed by atoms with Gasteiger partial charge in [-0.2, -0.15) is 0 Å². The lowest BCUT2D eigenvalue weighted by Crippen LogP contribution is -2.44. The number of aromatic nitrogens is 3. The fourth-order valence-electron chi connectivity index (χ4n) is 3.69. The van der Waals surface area contributed by atoms with Crippen LogP contribution in [0, 0.1) is 0 Å². The Morgan fingerprint density at radius 2 is 2.12 bits per heavy atom. The van der Waals surface area contributed by atoms with E-state index in [1.54, 1.807) is 0 Å². The van der Waals surface area contributed by atoms with Gasteiger partial charge in [-0.3, -0.25) is 9.69 Å². The van der Waals surface area contributed by atoms with Crippen molar-refractivity contribution in [1.82, 2.24) is 25.0 Å². The van der Waals surface area contributed by atoms with E-state index in [0.717, 1.165) is 50.7 Å². The molecule has 1 saturated heterocycles. The molecule has 1 aromatic carbocycles. The Kier molecular flexibility index (Phi) is 5.26. The predicted octanol–water partition coefficient (Wildman–Crippen LogP) is 1.13. The van der Waals surface area contributed by atoms with Gasteiger partial charge in [0.05, 0.1) is 25.7 Å². The number of aryl methyl sites for hydroxylation is 1. The van der Waals surface area contributed by atoms with Crippen LogP contribution < -0.4 is 5.32 Å². The molecule has 1 fully saturated rings. The van der Waals surface area contributed by atoms with Crippen molar-refractivity contribution in [1.29, 1.82) is 0 Å². The number of nitrogens with one attached hydrogen (secondary N) is 1. The average Bonchev–Trinajstić information content (AvgIpc) is 3.25. The van der Waals surface area contributed by atoms with Gasteiger partial charge >= 0.3 is 0 Å². The number of benzene rings is 1. The van der Waals surface area contributed by atoms with Gasteiger partial charge in [-0.05, 0) is 12.0 Å². The predicted molar refractivity (Wildman–Crippen MR) is 96.3 cm³/mol. The first-order valence-electron chi connectivity index (χ1n) is 9.33. The van der Waals surface area contributed by atoms with Gasteiger partial charge < -0.3 is 14.6 Å². The van der Waals surface area contributed by atoms with Crippen LogP contribution in [0.5, 0.6) is 0 Å². The second kappa shape index (κ2) is 7.97. The molecule has 0 bridgehead atoms. The van der Waals surface area contributed by atoms with Gasteiger partial charge in [0.1, 0.15) is 5.82 Å². The topological polar surface area (TPSA) is 72.3 Å². The van der Waals surface area contributed by atoms with E-state index >= 15 is 0 Å². The Morgan fingerprint density at radius 1 is 1.23 bits per heavy atom. The van der Waals surface area contributed by atoms with Crippen LogP contribution >= 0.6 is 0 Å². The smallest absolute Gasteiger partial charge is 0.223 e. The van der Waals surface area contributed by atoms with Crippen molar-refractivity contribution in [2.24, 2.45) is 0 Å². The number of amides is 1. The van der Waals surface area contributed by atoms with E-state index in [9.17, 15) is 4.79 Å². The van der Waals surface area contributed by atoms with Gasteiger partial charge in [0.25, 0.3) is 0 Å². The van der Waals surface area contributed by atoms with Gasteiger partial charge in [-0.25, -0.2) is 0 Å². The maximum Gasteiger partial charge on any atom is 0.223 e. The highest BCUT2D eigenvalue weighted by Gasteiger charge is 2.23. The molecule has 0 spiro atoms. The average molecular weight is 355 g/mol. The third-order valence-corrected chi connectivity index (χ3v) is 5.01. The van der Waals surface area contributed by atoms with E-state index in [1.807, 2.05) is 6.07 Å². The second-order valence-electron chi connectivity index (χ2n) is 6.98. The molecule has 4 rings (SSSR count). The van der Waals surface area contributed by atoms with Crippen LogP contribution in [-0.4, -0.2) is 51.4 Å². The third kappa shape index (κ3) is 4.11. The van der Waals surface area contributed by atoms with Crippen molar-refractivity contribution in [2.45, 2.75) is 45.0 Å². The van der Waals surface area contributed by atoms with Crippen molar-refractivity contribution < 1.29 is 9.53 Å². The Morgan fingerprint density at radius 3 is 3.00 bits per heavy atom. The summed E-state index contributed by atoms with van der Waals surface area (Å²) in [7, 11) is 0. The van der Waals surface area contributed by atoms with Gasteiger partial charge in [0.15, 0.2) is 5.82 Å². The molecule has 138 valence electrons. The molecule has 2 aliphatic rings. The number of fused-ring (bicyclic) bond motifs is 1. The SMILES string of the molecule is O=C(CC1CN(Cc2ccccc2)CCO1)NCc1nnc2n1CCC2. The minimum atomic E-state index is -0.0587. The highest BCUT2D eigenvalue weighted by atomic mass is 16.5. The molecule has 3 heterocycles. The summed E-state index contributed by atoms with van der Waals surface area (Å²) in [6, 6.07) is 10.4. The molecule has 1 atom stereocenters. The summed E-state index contributed by atoms with van der Waals surface area (Å²) in [4.78, 5) is 14.7. The molecule has 1 amide bonds. The van der Waals surface area contributed by atoms with E-state index in [-0.39, 0.29) is 12.0 Å². The normalized spacial score (nSPS) is 20.1. The van der Waals surface area contributed by atoms with Gasteiger partial charge in [-0.15, -0.1) is 10.2 Å². The molecule has 0 aliphatic carbocycles. The molecule has 7 nitrogen and oxygen atoms in total. The second-order valence-corrected chi connectivity index (χ2v) is 6.98. The number of hydrogen-bond donors (Lipinski definition) is 1. The number of nitrogens with zero attached hydrogens (tertiary/aromatic N) is 4. The standard InChI is InChI=1S/C19H25N5O2/c25-19(20-12-18-22-21-17-7-4-8-24(17)18)11-16-14-23(9-10-26-16)13-15-5-2-1-3-6-15/h1-3,5-6,16H,4,7-14H2,(H,20,25). The zero-order valence-corrected chi connectivity index (χ0v) is 14.9. The number of rotatable bonds is 6. The molecule has 0 radical (unpaired) electrons. The largest absolute Gasteiger partial charge is 0.375 e. The lowest BCUT2D eigenvalue weighted by Gasteiger charge is -2.32. The Balaban J connectivity index is 1.24. The molecule has 2 aromatic rings. The highest BCUT2D eigenvalue weighted by molar-refractivity contribution is 5.76. The third-order valence-electron chi connectivity index (χ3n) is 5.01. The molecular weight excluding hydrogens is 330 g/mol. The molecular formula is C19H25N5O2. The minimum Gasteiger partial charge on any atom is -0.375 e. The van der Waals surface area contributed by atoms with Crippen LogP contribution in [0.4, 0.5) is 0 Å². The number of hydrogen-bond acceptors (Lipinski definition) is 5. The molecule has 26 heavy (non-hydrogen) atoms. The summed E-state index contributed by atoms with van der Waals surface area (Å²) in [6.45, 7) is 4.64. The fraction of sp³-hybridized carbons (Fsp3) is 0.526. The Bertz CT molecular complexity index is 746. The van der Waals surface area contributed by atoms with E-state index in [1.165, 1.54) is 5.56 Å². The number of carbonyl (C=O) groups is 1. The summed E-state index contributed by atoms with van der Waals surface area (Å²) in [5, 5.41) is 11.3. The van der Waals surface area contributed by atoms with Crippen molar-refractivity contribution >= 4 is 5.91 Å². The summed E-state index contributed by atoms with van der Waals surface area (Å²) >= 11 is 0. The first kappa shape index (κ1) is 17.2. The van der Waals surface area contributed by atoms with Crippen LogP contribution in [0.1, 0.15) is 30.1 Å². The first-order chi connectivity index (χ1) is 12.8. The summed E-state index contributed by atoms with van der Waals surface area (Å²) < 4.78 is 7.90. The fourth-order valence-corrected chi connectivity index (χ4v) is 3.69. The van der Waals surface area contributed by atoms with Crippen LogP contribution in [0.3, 0.4) is 0 Å². The van der Waals surface area contributed by atoms with Crippen LogP contribution in [0.15, 0.2) is 30.3 Å². The van der Waals surface area contributed by atoms with Gasteiger partial charge in [0.2, 0.25) is 5.91 Å². The monoisotopic (exact) mass is 355 g/mol. The van der Waals surface area contributed by atoms with Crippen molar-refractivity contribution in [3.63, 3.8) is 0 Å². The van der Waals surface area contributed by atoms with Gasteiger partial charge in [-0.1, -0.05) is 30.3 Å². The van der Waals surface area contributed by atoms with E-state index < -0.39 is 0 Å². The summed E-state index contributed by atoms with van der Waals surface area (Å²) in [6.07, 6.45) is 2.41. The maximum atomic E-state index is 12.3. The lowest BCUT2D eigenvalue weighted by atomic mass is 10.1. The van der Waals surface area contributed by atoms with Crippen molar-refractivity contribution in [2.75, 3.05) is 19.7 Å². The lowest BCUT2D eigenvalue weighted by molar-refractivity contribution is -0.126. The minimum absolute atomic E-state index is 0.00640. The molecule has 2 aliphatic heterocycles. The summed E-state index contributed by atoms with van der Waals surface area (Å²) in [5.41, 5.74) is 1.29. The number of morpholine rings is 1. The molecule has 1 aromatic heterocycles. The number of carbonyl (C=O) groups excluding carboxylic acids is 1. The molecule has 1 N–H and O–H groups in total. The van der Waals surface area contributed by atoms with E-state index in [0.29, 0.717) is 19.6 Å². The number of ether oxygens (including phenoxy) is 1. The van der Waals surface area contributed by atoms with Crippen molar-refractivity contribution in [3.8, 4) is 0 Å². The zero-order valence-electron chi connectivity index (χ0n) is 14.9. The summed E-state index contributed by atoms with van der Waals surface area (Å²) in [5.74, 6) is 1.88. The van der Waals surface area contributed by atoms with Crippen LogP contribution in [-0.2, 0) is 35.6 Å². The van der Waals surface area contributed by atoms with Crippen LogP contribution in [0.2, 0.25) is 0 Å². The maximum absolute atomic E-state index is 12.3. The van der Waals surface area contributed by atoms with E-state index in [4.69, 9.17) is 4.74 Å². The Hall–Kier alpha value is -2.25. The van der Waals surface area contributed by atoms with Crippen LogP contribution in [0.25, 0.3) is 0 Å². The molecule has 7 heteroatoms. The molecule has 1 unspecified atom stereocenters. The highest BCUT2D eigenvalue weighted by Crippen LogP contribution is 2.15. The van der Waals surface area contributed by atoms with Gasteiger partial charge in [0, 0.05) is 32.6 Å². The Labute approximate surface area is 153 Å². The first-order valence-corrected chi connectivity index (χ1v) is 9.33. The zero-order chi connectivity index (χ0) is 17.8. The molecule has 0 saturated carbocycles. The van der Waals surface area contributed by atoms with Crippen molar-refractivity contribution in [3.05, 3.63) is 47.5 Å². The van der Waals surface area contributed by atoms with E-state index in [2.05, 4.69) is 49.2 Å². The quantitative estimate of drug-likeness (QED) is 0.841.